The Kier molecular flexibility index (Phi) is 7.46. The van der Waals surface area contributed by atoms with Gasteiger partial charge in [-0.05, 0) is 30.2 Å². The van der Waals surface area contributed by atoms with Crippen LogP contribution in [-0.4, -0.2) is 62.1 Å². The molecule has 1 N–H and O–H groups in total. The van der Waals surface area contributed by atoms with Gasteiger partial charge in [0.2, 0.25) is 15.9 Å². The minimum Gasteiger partial charge on any atom is -0.356 e. The number of hydrogen-bond donors (Lipinski definition) is 1. The zero-order chi connectivity index (χ0) is 20.7. The molecule has 156 valence electrons. The average Bonchev–Trinajstić information content (AvgIpc) is 2.74. The Hall–Kier alpha value is -2.16. The van der Waals surface area contributed by atoms with Crippen molar-refractivity contribution < 1.29 is 13.2 Å². The third-order valence-corrected chi connectivity index (χ3v) is 7.14. The van der Waals surface area contributed by atoms with Crippen LogP contribution in [0, 0.1) is 0 Å². The van der Waals surface area contributed by atoms with Gasteiger partial charge in [-0.3, -0.25) is 4.79 Å². The minimum atomic E-state index is -3.34. The molecule has 0 bridgehead atoms. The predicted molar refractivity (Wildman–Crippen MR) is 115 cm³/mol. The number of hydrogen-bond acceptors (Lipinski definition) is 5. The van der Waals surface area contributed by atoms with E-state index in [2.05, 4.69) is 15.2 Å². The Morgan fingerprint density at radius 2 is 1.79 bits per heavy atom. The van der Waals surface area contributed by atoms with Gasteiger partial charge < -0.3 is 10.2 Å². The van der Waals surface area contributed by atoms with Crippen molar-refractivity contribution in [1.29, 1.82) is 0 Å². The number of sulfonamides is 1. The van der Waals surface area contributed by atoms with Crippen LogP contribution in [0.2, 0.25) is 5.02 Å². The summed E-state index contributed by atoms with van der Waals surface area (Å²) in [5.74, 6) is 0.716. The van der Waals surface area contributed by atoms with Crippen LogP contribution in [0.5, 0.6) is 0 Å². The van der Waals surface area contributed by atoms with Gasteiger partial charge in [0.15, 0.2) is 0 Å². The lowest BCUT2D eigenvalue weighted by molar-refractivity contribution is -0.120. The number of pyridine rings is 1. The fourth-order valence-electron chi connectivity index (χ4n) is 3.22. The van der Waals surface area contributed by atoms with Crippen LogP contribution in [-0.2, 0) is 21.2 Å². The highest BCUT2D eigenvalue weighted by Crippen LogP contribution is 2.16. The van der Waals surface area contributed by atoms with Gasteiger partial charge in [-0.25, -0.2) is 13.4 Å². The van der Waals surface area contributed by atoms with E-state index in [9.17, 15) is 13.2 Å². The van der Waals surface area contributed by atoms with Crippen LogP contribution in [0.3, 0.4) is 0 Å². The summed E-state index contributed by atoms with van der Waals surface area (Å²) in [5, 5.41) is 3.32. The van der Waals surface area contributed by atoms with Gasteiger partial charge in [0.25, 0.3) is 0 Å². The van der Waals surface area contributed by atoms with E-state index in [4.69, 9.17) is 11.6 Å². The van der Waals surface area contributed by atoms with Gasteiger partial charge in [-0.15, -0.1) is 0 Å². The first-order chi connectivity index (χ1) is 14.0. The molecule has 1 aromatic carbocycles. The minimum absolute atomic E-state index is 0.0168. The number of rotatable bonds is 8. The van der Waals surface area contributed by atoms with E-state index in [1.165, 1.54) is 4.31 Å². The van der Waals surface area contributed by atoms with Crippen molar-refractivity contribution in [3.8, 4) is 0 Å². The van der Waals surface area contributed by atoms with Gasteiger partial charge in [0.1, 0.15) is 5.82 Å². The maximum Gasteiger partial charge on any atom is 0.224 e. The van der Waals surface area contributed by atoms with Crippen LogP contribution in [0.4, 0.5) is 5.82 Å². The highest BCUT2D eigenvalue weighted by Gasteiger charge is 2.26. The van der Waals surface area contributed by atoms with E-state index < -0.39 is 10.0 Å². The zero-order valence-corrected chi connectivity index (χ0v) is 17.7. The fraction of sp³-hybridized carbons (Fsp3) is 0.400. The average molecular weight is 437 g/mol. The SMILES string of the molecule is O=C(Cc1ccccc1Cl)NCCCS(=O)(=O)N1CCN(c2ccccn2)CC1. The molecule has 0 saturated carbocycles. The number of nitrogens with one attached hydrogen (secondary N) is 1. The Morgan fingerprint density at radius 3 is 2.48 bits per heavy atom. The maximum absolute atomic E-state index is 12.6. The zero-order valence-electron chi connectivity index (χ0n) is 16.1. The Balaban J connectivity index is 1.39. The van der Waals surface area contributed by atoms with Gasteiger partial charge in [-0.2, -0.15) is 4.31 Å². The summed E-state index contributed by atoms with van der Waals surface area (Å²) in [4.78, 5) is 18.4. The molecule has 3 rings (SSSR count). The number of amides is 1. The number of carbonyl (C=O) groups excluding carboxylic acids is 1. The van der Waals surface area contributed by atoms with Crippen LogP contribution in [0.15, 0.2) is 48.7 Å². The number of aromatic nitrogens is 1. The van der Waals surface area contributed by atoms with E-state index in [1.807, 2.05) is 30.3 Å². The molecule has 2 heterocycles. The molecule has 1 aliphatic heterocycles. The molecule has 2 aromatic rings. The highest BCUT2D eigenvalue weighted by molar-refractivity contribution is 7.89. The standard InChI is InChI=1S/C20H25ClN4O3S/c21-18-7-2-1-6-17(18)16-20(26)23-10-5-15-29(27,28)25-13-11-24(12-14-25)19-8-3-4-9-22-19/h1-4,6-9H,5,10-16H2,(H,23,26). The second-order valence-corrected chi connectivity index (χ2v) is 9.36. The Labute approximate surface area is 176 Å². The first kappa shape index (κ1) is 21.5. The number of nitrogens with zero attached hydrogens (tertiary/aromatic N) is 3. The quantitative estimate of drug-likeness (QED) is 0.639. The molecule has 1 saturated heterocycles. The van der Waals surface area contributed by atoms with Crippen LogP contribution in [0.25, 0.3) is 0 Å². The van der Waals surface area contributed by atoms with E-state index in [0.29, 0.717) is 44.2 Å². The molecule has 0 unspecified atom stereocenters. The van der Waals surface area contributed by atoms with Crippen molar-refractivity contribution in [1.82, 2.24) is 14.6 Å². The molecular weight excluding hydrogens is 412 g/mol. The van der Waals surface area contributed by atoms with Gasteiger partial charge in [0, 0.05) is 43.9 Å². The number of benzene rings is 1. The van der Waals surface area contributed by atoms with Crippen molar-refractivity contribution in [3.05, 3.63) is 59.2 Å². The summed E-state index contributed by atoms with van der Waals surface area (Å²) in [6.45, 7) is 2.43. The summed E-state index contributed by atoms with van der Waals surface area (Å²) in [6, 6.07) is 12.9. The lowest BCUT2D eigenvalue weighted by Gasteiger charge is -2.34. The summed E-state index contributed by atoms with van der Waals surface area (Å²) < 4.78 is 26.7. The normalized spacial score (nSPS) is 15.3. The molecule has 1 aromatic heterocycles. The topological polar surface area (TPSA) is 82.6 Å². The molecule has 1 fully saturated rings. The molecule has 0 radical (unpaired) electrons. The smallest absolute Gasteiger partial charge is 0.224 e. The summed E-state index contributed by atoms with van der Waals surface area (Å²) in [6.07, 6.45) is 2.29. The lowest BCUT2D eigenvalue weighted by atomic mass is 10.1. The van der Waals surface area contributed by atoms with E-state index in [0.717, 1.165) is 11.4 Å². The summed E-state index contributed by atoms with van der Waals surface area (Å²) in [7, 11) is -3.34. The van der Waals surface area contributed by atoms with Gasteiger partial charge >= 0.3 is 0 Å². The van der Waals surface area contributed by atoms with Crippen molar-refractivity contribution in [3.63, 3.8) is 0 Å². The Morgan fingerprint density at radius 1 is 1.07 bits per heavy atom. The molecule has 9 heteroatoms. The first-order valence-corrected chi connectivity index (χ1v) is 11.6. The molecule has 0 spiro atoms. The van der Waals surface area contributed by atoms with Crippen molar-refractivity contribution >= 4 is 33.3 Å². The number of anilines is 1. The van der Waals surface area contributed by atoms with Crippen LogP contribution >= 0.6 is 11.6 Å². The van der Waals surface area contributed by atoms with E-state index in [-0.39, 0.29) is 18.1 Å². The molecule has 0 atom stereocenters. The van der Waals surface area contributed by atoms with Gasteiger partial charge in [0.05, 0.1) is 12.2 Å². The molecule has 0 aliphatic carbocycles. The highest BCUT2D eigenvalue weighted by atomic mass is 35.5. The maximum atomic E-state index is 12.6. The van der Waals surface area contributed by atoms with E-state index >= 15 is 0 Å². The monoisotopic (exact) mass is 436 g/mol. The fourth-order valence-corrected chi connectivity index (χ4v) is 4.91. The molecule has 1 aliphatic rings. The number of piperazine rings is 1. The largest absolute Gasteiger partial charge is 0.356 e. The predicted octanol–water partition coefficient (Wildman–Crippen LogP) is 1.94. The second kappa shape index (κ2) is 10.0. The van der Waals surface area contributed by atoms with Gasteiger partial charge in [-0.1, -0.05) is 35.9 Å². The molecule has 7 nitrogen and oxygen atoms in total. The third-order valence-electron chi connectivity index (χ3n) is 4.82. The molecule has 29 heavy (non-hydrogen) atoms. The summed E-state index contributed by atoms with van der Waals surface area (Å²) in [5.41, 5.74) is 0.755. The van der Waals surface area contributed by atoms with Crippen molar-refractivity contribution in [2.45, 2.75) is 12.8 Å². The molecular formula is C20H25ClN4O3S. The second-order valence-electron chi connectivity index (χ2n) is 6.86. The first-order valence-electron chi connectivity index (χ1n) is 9.59. The lowest BCUT2D eigenvalue weighted by Crippen LogP contribution is -2.49. The third kappa shape index (κ3) is 6.16. The summed E-state index contributed by atoms with van der Waals surface area (Å²) >= 11 is 6.05. The van der Waals surface area contributed by atoms with Crippen LogP contribution in [0.1, 0.15) is 12.0 Å². The van der Waals surface area contributed by atoms with E-state index in [1.54, 1.807) is 18.3 Å². The molecule has 1 amide bonds. The van der Waals surface area contributed by atoms with Crippen molar-refractivity contribution in [2.75, 3.05) is 43.4 Å². The van der Waals surface area contributed by atoms with Crippen LogP contribution < -0.4 is 10.2 Å². The Bertz CT molecular complexity index is 916. The van der Waals surface area contributed by atoms with Crippen molar-refractivity contribution in [2.24, 2.45) is 0 Å². The number of halogens is 1. The number of carbonyl (C=O) groups is 1.